The minimum absolute atomic E-state index is 0.225. The summed E-state index contributed by atoms with van der Waals surface area (Å²) in [4.78, 5) is 6.51. The highest BCUT2D eigenvalue weighted by atomic mass is 79.9. The van der Waals surface area contributed by atoms with Crippen LogP contribution in [0.3, 0.4) is 0 Å². The van der Waals surface area contributed by atoms with Crippen molar-refractivity contribution in [3.05, 3.63) is 58.3 Å². The van der Waals surface area contributed by atoms with Crippen LogP contribution in [0.4, 0.5) is 0 Å². The molecule has 0 radical (unpaired) electrons. The molecule has 0 aliphatic carbocycles. The number of benzene rings is 1. The minimum atomic E-state index is -0.340. The van der Waals surface area contributed by atoms with Crippen LogP contribution in [0, 0.1) is 0 Å². The molecule has 1 aromatic heterocycles. The zero-order chi connectivity index (χ0) is 17.7. The summed E-state index contributed by atoms with van der Waals surface area (Å²) in [5, 5.41) is 7.33. The van der Waals surface area contributed by atoms with Crippen molar-refractivity contribution >= 4 is 21.6 Å². The van der Waals surface area contributed by atoms with Crippen molar-refractivity contribution in [2.45, 2.75) is 31.0 Å². The molecule has 1 aromatic carbocycles. The van der Waals surface area contributed by atoms with Gasteiger partial charge in [-0.3, -0.25) is 4.98 Å². The van der Waals surface area contributed by atoms with Crippen LogP contribution in [0.2, 0.25) is 0 Å². The minimum Gasteiger partial charge on any atom is -0.466 e. The fourth-order valence-corrected chi connectivity index (χ4v) is 4.65. The van der Waals surface area contributed by atoms with Gasteiger partial charge < -0.3 is 9.64 Å². The zero-order valence-corrected chi connectivity index (χ0v) is 16.3. The molecule has 0 unspecified atom stereocenters. The van der Waals surface area contributed by atoms with E-state index in [1.54, 1.807) is 0 Å². The largest absolute Gasteiger partial charge is 0.466 e. The summed E-state index contributed by atoms with van der Waals surface area (Å²) < 4.78 is 7.70. The maximum absolute atomic E-state index is 6.62. The van der Waals surface area contributed by atoms with Gasteiger partial charge >= 0.3 is 0 Å². The predicted molar refractivity (Wildman–Crippen MR) is 104 cm³/mol. The van der Waals surface area contributed by atoms with Crippen LogP contribution < -0.4 is 4.74 Å². The smallest absolute Gasteiger partial charge is 0.200 e. The maximum atomic E-state index is 6.62. The Morgan fingerprint density at radius 3 is 2.69 bits per heavy atom. The lowest BCUT2D eigenvalue weighted by Gasteiger charge is -2.50. The molecular weight excluding hydrogens is 392 g/mol. The number of nitrogens with zero attached hydrogens (tertiary/aromatic N) is 4. The van der Waals surface area contributed by atoms with E-state index in [0.29, 0.717) is 0 Å². The Morgan fingerprint density at radius 2 is 1.92 bits per heavy atom. The molecular formula is C20H21BrN4O. The Balaban J connectivity index is 1.60. The van der Waals surface area contributed by atoms with Gasteiger partial charge in [0.25, 0.3) is 0 Å². The molecule has 5 rings (SSSR count). The molecule has 2 aromatic rings. The number of fused-ring (bicyclic) bond motifs is 4. The quantitative estimate of drug-likeness (QED) is 0.713. The van der Waals surface area contributed by atoms with E-state index in [0.717, 1.165) is 53.8 Å². The molecule has 0 bridgehead atoms. The average Bonchev–Trinajstić information content (AvgIpc) is 3.12. The number of hydrazone groups is 1. The van der Waals surface area contributed by atoms with Crippen LogP contribution in [0.15, 0.2) is 52.3 Å². The lowest BCUT2D eigenvalue weighted by atomic mass is 9.91. The first-order valence-corrected chi connectivity index (χ1v) is 9.88. The Bertz CT molecular complexity index is 861. The van der Waals surface area contributed by atoms with Gasteiger partial charge in [0.2, 0.25) is 5.72 Å². The highest BCUT2D eigenvalue weighted by Gasteiger charge is 2.51. The van der Waals surface area contributed by atoms with Crippen molar-refractivity contribution in [2.75, 3.05) is 20.1 Å². The first kappa shape index (κ1) is 16.3. The van der Waals surface area contributed by atoms with Crippen molar-refractivity contribution in [3.63, 3.8) is 0 Å². The van der Waals surface area contributed by atoms with Gasteiger partial charge in [0, 0.05) is 60.3 Å². The Hall–Kier alpha value is -1.92. The Labute approximate surface area is 161 Å². The van der Waals surface area contributed by atoms with Crippen LogP contribution in [-0.4, -0.2) is 46.5 Å². The summed E-state index contributed by atoms with van der Waals surface area (Å²) in [6.07, 6.45) is 6.49. The van der Waals surface area contributed by atoms with E-state index in [-0.39, 0.29) is 11.8 Å². The third-order valence-corrected chi connectivity index (χ3v) is 6.23. The molecule has 134 valence electrons. The van der Waals surface area contributed by atoms with Crippen LogP contribution in [-0.2, 0) is 0 Å². The SMILES string of the molecule is CN1CCC2(CC1)Oc1ccc(Br)cc1[C@H]1CC(c3ccncc3)=NN12. The van der Waals surface area contributed by atoms with E-state index in [1.807, 2.05) is 24.5 Å². The second kappa shape index (κ2) is 6.06. The fourth-order valence-electron chi connectivity index (χ4n) is 4.27. The molecule has 1 spiro atoms. The molecule has 0 N–H and O–H groups in total. The first-order valence-electron chi connectivity index (χ1n) is 9.09. The number of hydrogen-bond acceptors (Lipinski definition) is 5. The molecule has 4 heterocycles. The third kappa shape index (κ3) is 2.55. The van der Waals surface area contributed by atoms with Gasteiger partial charge in [-0.15, -0.1) is 0 Å². The van der Waals surface area contributed by atoms with Gasteiger partial charge in [0.05, 0.1) is 11.8 Å². The van der Waals surface area contributed by atoms with E-state index in [9.17, 15) is 0 Å². The van der Waals surface area contributed by atoms with Crippen LogP contribution in [0.1, 0.15) is 36.4 Å². The topological polar surface area (TPSA) is 41.0 Å². The average molecular weight is 413 g/mol. The van der Waals surface area contributed by atoms with E-state index >= 15 is 0 Å². The van der Waals surface area contributed by atoms with E-state index < -0.39 is 0 Å². The number of likely N-dealkylation sites (tertiary alicyclic amines) is 1. The normalized spacial score (nSPS) is 24.0. The summed E-state index contributed by atoms with van der Waals surface area (Å²) in [6, 6.07) is 10.7. The fraction of sp³-hybridized carbons (Fsp3) is 0.400. The number of pyridine rings is 1. The van der Waals surface area contributed by atoms with Crippen molar-refractivity contribution in [3.8, 4) is 5.75 Å². The molecule has 26 heavy (non-hydrogen) atoms. The highest BCUT2D eigenvalue weighted by Crippen LogP contribution is 2.50. The molecule has 6 heteroatoms. The number of halogens is 1. The molecule has 0 amide bonds. The van der Waals surface area contributed by atoms with Crippen LogP contribution >= 0.6 is 15.9 Å². The standard InChI is InChI=1S/C20H21BrN4O/c1-24-10-6-20(7-11-24)25-18(16-12-15(21)2-3-19(16)26-20)13-17(23-25)14-4-8-22-9-5-14/h2-5,8-9,12,18H,6-7,10-11,13H2,1H3/t18-/m1/s1. The zero-order valence-electron chi connectivity index (χ0n) is 14.7. The molecule has 1 saturated heterocycles. The monoisotopic (exact) mass is 412 g/mol. The molecule has 1 fully saturated rings. The van der Waals surface area contributed by atoms with Crippen LogP contribution in [0.25, 0.3) is 0 Å². The van der Waals surface area contributed by atoms with Crippen molar-refractivity contribution in [1.29, 1.82) is 0 Å². The van der Waals surface area contributed by atoms with Gasteiger partial charge in [-0.05, 0) is 37.4 Å². The second-order valence-electron chi connectivity index (χ2n) is 7.38. The molecule has 0 saturated carbocycles. The number of aromatic nitrogens is 1. The predicted octanol–water partition coefficient (Wildman–Crippen LogP) is 3.81. The summed E-state index contributed by atoms with van der Waals surface area (Å²) >= 11 is 3.62. The number of ether oxygens (including phenoxy) is 1. The Kier molecular flexibility index (Phi) is 3.79. The third-order valence-electron chi connectivity index (χ3n) is 5.74. The van der Waals surface area contributed by atoms with Gasteiger partial charge in [-0.1, -0.05) is 15.9 Å². The summed E-state index contributed by atoms with van der Waals surface area (Å²) in [5.41, 5.74) is 3.14. The number of rotatable bonds is 1. The highest BCUT2D eigenvalue weighted by molar-refractivity contribution is 9.10. The lowest BCUT2D eigenvalue weighted by molar-refractivity contribution is -0.147. The van der Waals surface area contributed by atoms with Crippen molar-refractivity contribution < 1.29 is 4.74 Å². The molecule has 5 nitrogen and oxygen atoms in total. The van der Waals surface area contributed by atoms with Gasteiger partial charge in [-0.25, -0.2) is 5.01 Å². The molecule has 3 aliphatic heterocycles. The van der Waals surface area contributed by atoms with E-state index in [2.05, 4.69) is 56.1 Å². The van der Waals surface area contributed by atoms with Crippen molar-refractivity contribution in [1.82, 2.24) is 14.9 Å². The maximum Gasteiger partial charge on any atom is 0.200 e. The summed E-state index contributed by atoms with van der Waals surface area (Å²) in [6.45, 7) is 2.05. The van der Waals surface area contributed by atoms with E-state index in [1.165, 1.54) is 5.56 Å². The molecule has 1 atom stereocenters. The first-order chi connectivity index (χ1) is 12.6. The lowest BCUT2D eigenvalue weighted by Crippen LogP contribution is -2.58. The van der Waals surface area contributed by atoms with Crippen molar-refractivity contribution in [2.24, 2.45) is 5.10 Å². The number of hydrogen-bond donors (Lipinski definition) is 0. The second-order valence-corrected chi connectivity index (χ2v) is 8.30. The molecule has 3 aliphatic rings. The van der Waals surface area contributed by atoms with E-state index in [4.69, 9.17) is 9.84 Å². The van der Waals surface area contributed by atoms with Gasteiger partial charge in [-0.2, -0.15) is 5.10 Å². The van der Waals surface area contributed by atoms with Gasteiger partial charge in [0.1, 0.15) is 5.75 Å². The number of piperidine rings is 1. The Morgan fingerprint density at radius 1 is 1.15 bits per heavy atom. The van der Waals surface area contributed by atoms with Gasteiger partial charge in [0.15, 0.2) is 0 Å². The summed E-state index contributed by atoms with van der Waals surface area (Å²) in [7, 11) is 2.17. The van der Waals surface area contributed by atoms with Crippen LogP contribution in [0.5, 0.6) is 5.75 Å². The summed E-state index contributed by atoms with van der Waals surface area (Å²) in [5.74, 6) is 1.00.